The normalized spacial score (nSPS) is 10.3. The van der Waals surface area contributed by atoms with E-state index in [4.69, 9.17) is 4.74 Å². The van der Waals surface area contributed by atoms with Gasteiger partial charge >= 0.3 is 5.97 Å². The summed E-state index contributed by atoms with van der Waals surface area (Å²) in [5.74, 6) is -0.393. The van der Waals surface area contributed by atoms with E-state index in [1.165, 1.54) is 7.11 Å². The van der Waals surface area contributed by atoms with Crippen molar-refractivity contribution in [2.24, 2.45) is 0 Å². The summed E-state index contributed by atoms with van der Waals surface area (Å²) in [5.41, 5.74) is 2.99. The van der Waals surface area contributed by atoms with Crippen LogP contribution in [0, 0.1) is 0 Å². The third-order valence-electron chi connectivity index (χ3n) is 3.22. The Balaban J connectivity index is 2.23. The van der Waals surface area contributed by atoms with Gasteiger partial charge < -0.3 is 4.74 Å². The monoisotopic (exact) mass is 278 g/mol. The van der Waals surface area contributed by atoms with Gasteiger partial charge in [-0.1, -0.05) is 48.5 Å². The van der Waals surface area contributed by atoms with Crippen LogP contribution in [0.3, 0.4) is 0 Å². The van der Waals surface area contributed by atoms with Crippen LogP contribution in [0.25, 0.3) is 16.9 Å². The average Bonchev–Trinajstić information content (AvgIpc) is 3.00. The van der Waals surface area contributed by atoms with E-state index in [0.29, 0.717) is 5.56 Å². The molecule has 3 rings (SSSR count). The standard InChI is InChI=1S/C17H14N2O2/c1-21-17(20)15-12-18-19(14-10-6-3-7-11-14)16(15)13-8-4-2-5-9-13/h2-12H,1H3. The Morgan fingerprint density at radius 3 is 2.24 bits per heavy atom. The van der Waals surface area contributed by atoms with E-state index in [9.17, 15) is 4.79 Å². The van der Waals surface area contributed by atoms with Crippen molar-refractivity contribution < 1.29 is 9.53 Å². The highest BCUT2D eigenvalue weighted by molar-refractivity contribution is 5.96. The average molecular weight is 278 g/mol. The molecule has 0 fully saturated rings. The Hall–Kier alpha value is -2.88. The van der Waals surface area contributed by atoms with E-state index in [1.54, 1.807) is 10.9 Å². The molecule has 0 radical (unpaired) electrons. The van der Waals surface area contributed by atoms with E-state index >= 15 is 0 Å². The minimum atomic E-state index is -0.393. The molecule has 4 heteroatoms. The molecule has 0 spiro atoms. The van der Waals surface area contributed by atoms with Crippen molar-refractivity contribution in [1.29, 1.82) is 0 Å². The second-order valence-electron chi connectivity index (χ2n) is 4.51. The predicted octanol–water partition coefficient (Wildman–Crippen LogP) is 3.33. The SMILES string of the molecule is COC(=O)c1cnn(-c2ccccc2)c1-c1ccccc1. The highest BCUT2D eigenvalue weighted by Gasteiger charge is 2.20. The van der Waals surface area contributed by atoms with Crippen LogP contribution in [0.4, 0.5) is 0 Å². The molecule has 0 aliphatic heterocycles. The van der Waals surface area contributed by atoms with Crippen molar-refractivity contribution in [2.45, 2.75) is 0 Å². The van der Waals surface area contributed by atoms with E-state index < -0.39 is 5.97 Å². The molecule has 1 aromatic heterocycles. The zero-order chi connectivity index (χ0) is 14.7. The highest BCUT2D eigenvalue weighted by atomic mass is 16.5. The first-order valence-electron chi connectivity index (χ1n) is 6.58. The second kappa shape index (κ2) is 5.63. The van der Waals surface area contributed by atoms with E-state index in [0.717, 1.165) is 16.9 Å². The third-order valence-corrected chi connectivity index (χ3v) is 3.22. The molecule has 1 heterocycles. The van der Waals surface area contributed by atoms with Gasteiger partial charge in [0.15, 0.2) is 0 Å². The van der Waals surface area contributed by atoms with Crippen LogP contribution in [0.5, 0.6) is 0 Å². The maximum atomic E-state index is 12.0. The summed E-state index contributed by atoms with van der Waals surface area (Å²) in [7, 11) is 1.37. The number of ether oxygens (including phenoxy) is 1. The van der Waals surface area contributed by atoms with Crippen molar-refractivity contribution in [2.75, 3.05) is 7.11 Å². The minimum Gasteiger partial charge on any atom is -0.465 e. The van der Waals surface area contributed by atoms with Crippen LogP contribution in [-0.4, -0.2) is 22.9 Å². The second-order valence-corrected chi connectivity index (χ2v) is 4.51. The molecule has 0 aliphatic rings. The maximum Gasteiger partial charge on any atom is 0.341 e. The first-order valence-corrected chi connectivity index (χ1v) is 6.58. The van der Waals surface area contributed by atoms with Gasteiger partial charge in [-0.3, -0.25) is 0 Å². The lowest BCUT2D eigenvalue weighted by atomic mass is 10.1. The molecule has 2 aromatic carbocycles. The summed E-state index contributed by atoms with van der Waals surface area (Å²) in [4.78, 5) is 12.0. The van der Waals surface area contributed by atoms with E-state index in [2.05, 4.69) is 5.10 Å². The molecule has 3 aromatic rings. The van der Waals surface area contributed by atoms with Gasteiger partial charge in [-0.15, -0.1) is 0 Å². The van der Waals surface area contributed by atoms with Gasteiger partial charge in [0.2, 0.25) is 0 Å². The number of methoxy groups -OCH3 is 1. The number of hydrogen-bond donors (Lipinski definition) is 0. The largest absolute Gasteiger partial charge is 0.465 e. The molecule has 0 atom stereocenters. The van der Waals surface area contributed by atoms with Crippen LogP contribution in [0.15, 0.2) is 66.9 Å². The lowest BCUT2D eigenvalue weighted by Gasteiger charge is -2.09. The van der Waals surface area contributed by atoms with E-state index in [-0.39, 0.29) is 0 Å². The number of carbonyl (C=O) groups is 1. The smallest absolute Gasteiger partial charge is 0.341 e. The number of esters is 1. The molecule has 0 bridgehead atoms. The maximum absolute atomic E-state index is 12.0. The van der Waals surface area contributed by atoms with Crippen LogP contribution < -0.4 is 0 Å². The molecule has 4 nitrogen and oxygen atoms in total. The lowest BCUT2D eigenvalue weighted by molar-refractivity contribution is 0.0601. The van der Waals surface area contributed by atoms with Gasteiger partial charge in [0.1, 0.15) is 5.56 Å². The molecule has 0 saturated heterocycles. The molecular weight excluding hydrogens is 264 g/mol. The molecule has 0 aliphatic carbocycles. The zero-order valence-corrected chi connectivity index (χ0v) is 11.6. The van der Waals surface area contributed by atoms with Crippen molar-refractivity contribution in [3.63, 3.8) is 0 Å². The van der Waals surface area contributed by atoms with Crippen molar-refractivity contribution in [1.82, 2.24) is 9.78 Å². The van der Waals surface area contributed by atoms with Crippen molar-refractivity contribution >= 4 is 5.97 Å². The molecule has 0 N–H and O–H groups in total. The minimum absolute atomic E-state index is 0.393. The first-order chi connectivity index (χ1) is 10.3. The number of para-hydroxylation sites is 1. The summed E-state index contributed by atoms with van der Waals surface area (Å²) in [6, 6.07) is 19.4. The zero-order valence-electron chi connectivity index (χ0n) is 11.6. The molecule has 21 heavy (non-hydrogen) atoms. The summed E-state index contributed by atoms with van der Waals surface area (Å²) >= 11 is 0. The Bertz CT molecular complexity index is 749. The fraction of sp³-hybridized carbons (Fsp3) is 0.0588. The molecule has 0 unspecified atom stereocenters. The topological polar surface area (TPSA) is 44.1 Å². The number of rotatable bonds is 3. The first kappa shape index (κ1) is 13.1. The predicted molar refractivity (Wildman–Crippen MR) is 80.3 cm³/mol. The Labute approximate surface area is 122 Å². The number of carbonyl (C=O) groups excluding carboxylic acids is 1. The van der Waals surface area contributed by atoms with Crippen molar-refractivity contribution in [3.8, 4) is 16.9 Å². The van der Waals surface area contributed by atoms with Gasteiger partial charge in [-0.05, 0) is 12.1 Å². The lowest BCUT2D eigenvalue weighted by Crippen LogP contribution is -2.04. The highest BCUT2D eigenvalue weighted by Crippen LogP contribution is 2.26. The van der Waals surface area contributed by atoms with E-state index in [1.807, 2.05) is 60.7 Å². The fourth-order valence-corrected chi connectivity index (χ4v) is 2.25. The van der Waals surface area contributed by atoms with Crippen LogP contribution in [-0.2, 0) is 4.74 Å². The summed E-state index contributed by atoms with van der Waals surface area (Å²) in [6.07, 6.45) is 1.54. The van der Waals surface area contributed by atoms with Crippen LogP contribution >= 0.6 is 0 Å². The number of nitrogens with zero attached hydrogens (tertiary/aromatic N) is 2. The summed E-state index contributed by atoms with van der Waals surface area (Å²) in [5, 5.41) is 4.35. The Morgan fingerprint density at radius 2 is 1.62 bits per heavy atom. The quantitative estimate of drug-likeness (QED) is 0.690. The number of hydrogen-bond acceptors (Lipinski definition) is 3. The Morgan fingerprint density at radius 1 is 1.00 bits per heavy atom. The number of benzene rings is 2. The molecule has 0 saturated carbocycles. The summed E-state index contributed by atoms with van der Waals surface area (Å²) in [6.45, 7) is 0. The molecular formula is C17H14N2O2. The van der Waals surface area contributed by atoms with Crippen LogP contribution in [0.2, 0.25) is 0 Å². The Kier molecular flexibility index (Phi) is 3.51. The van der Waals surface area contributed by atoms with Crippen molar-refractivity contribution in [3.05, 3.63) is 72.4 Å². The van der Waals surface area contributed by atoms with Gasteiger partial charge in [0.25, 0.3) is 0 Å². The molecule has 0 amide bonds. The molecule has 104 valence electrons. The van der Waals surface area contributed by atoms with Gasteiger partial charge in [0.05, 0.1) is 24.7 Å². The van der Waals surface area contributed by atoms with Crippen LogP contribution in [0.1, 0.15) is 10.4 Å². The van der Waals surface area contributed by atoms with Gasteiger partial charge in [0, 0.05) is 5.56 Å². The number of aromatic nitrogens is 2. The van der Waals surface area contributed by atoms with Gasteiger partial charge in [-0.2, -0.15) is 5.10 Å². The third kappa shape index (κ3) is 2.43. The van der Waals surface area contributed by atoms with Gasteiger partial charge in [-0.25, -0.2) is 9.48 Å². The summed E-state index contributed by atoms with van der Waals surface area (Å²) < 4.78 is 6.61. The fourth-order valence-electron chi connectivity index (χ4n) is 2.25.